The second-order valence-electron chi connectivity index (χ2n) is 5.26. The normalized spacial score (nSPS) is 17.6. The summed E-state index contributed by atoms with van der Waals surface area (Å²) in [6, 6.07) is 2.00. The van der Waals surface area contributed by atoms with E-state index in [-0.39, 0.29) is 6.61 Å². The SMILES string of the molecule is Cn1cnc2c(N3CCCN(CCO)CC3)nccc21. The Balaban J connectivity index is 1.84. The molecule has 0 aliphatic carbocycles. The Hall–Kier alpha value is -1.66. The molecule has 1 aliphatic heterocycles. The van der Waals surface area contributed by atoms with Gasteiger partial charge in [-0.15, -0.1) is 0 Å². The average Bonchev–Trinajstić information content (AvgIpc) is 2.70. The van der Waals surface area contributed by atoms with Crippen molar-refractivity contribution in [2.24, 2.45) is 7.05 Å². The van der Waals surface area contributed by atoms with Crippen molar-refractivity contribution in [3.8, 4) is 0 Å². The number of aryl methyl sites for hydroxylation is 1. The quantitative estimate of drug-likeness (QED) is 0.882. The van der Waals surface area contributed by atoms with E-state index in [0.29, 0.717) is 0 Å². The summed E-state index contributed by atoms with van der Waals surface area (Å²) in [6.07, 6.45) is 4.78. The largest absolute Gasteiger partial charge is 0.395 e. The first-order chi connectivity index (χ1) is 9.79. The summed E-state index contributed by atoms with van der Waals surface area (Å²) in [5.74, 6) is 0.981. The van der Waals surface area contributed by atoms with Crippen LogP contribution in [0.2, 0.25) is 0 Å². The van der Waals surface area contributed by atoms with Gasteiger partial charge < -0.3 is 14.6 Å². The first-order valence-electron chi connectivity index (χ1n) is 7.14. The molecule has 0 amide bonds. The highest BCUT2D eigenvalue weighted by Gasteiger charge is 2.18. The van der Waals surface area contributed by atoms with Crippen molar-refractivity contribution in [3.05, 3.63) is 18.6 Å². The van der Waals surface area contributed by atoms with Gasteiger partial charge >= 0.3 is 0 Å². The molecule has 2 aromatic rings. The zero-order chi connectivity index (χ0) is 13.9. The number of nitrogens with zero attached hydrogens (tertiary/aromatic N) is 5. The fourth-order valence-corrected chi connectivity index (χ4v) is 2.83. The van der Waals surface area contributed by atoms with Crippen LogP contribution in [0.25, 0.3) is 11.0 Å². The average molecular weight is 275 g/mol. The summed E-state index contributed by atoms with van der Waals surface area (Å²) < 4.78 is 2.02. The van der Waals surface area contributed by atoms with Gasteiger partial charge in [0.25, 0.3) is 0 Å². The van der Waals surface area contributed by atoms with E-state index in [0.717, 1.165) is 56.0 Å². The van der Waals surface area contributed by atoms with E-state index in [1.807, 2.05) is 30.2 Å². The molecule has 0 atom stereocenters. The highest BCUT2D eigenvalue weighted by molar-refractivity contribution is 5.86. The smallest absolute Gasteiger partial charge is 0.156 e. The van der Waals surface area contributed by atoms with Crippen LogP contribution >= 0.6 is 0 Å². The Labute approximate surface area is 118 Å². The zero-order valence-corrected chi connectivity index (χ0v) is 11.9. The standard InChI is InChI=1S/C14H21N5O/c1-17-11-16-13-12(17)3-4-15-14(13)19-6-2-5-18(7-8-19)9-10-20/h3-4,11,20H,2,5-10H2,1H3. The molecule has 1 fully saturated rings. The maximum absolute atomic E-state index is 9.06. The Morgan fingerprint density at radius 2 is 2.10 bits per heavy atom. The van der Waals surface area contributed by atoms with Crippen LogP contribution in [0.5, 0.6) is 0 Å². The summed E-state index contributed by atoms with van der Waals surface area (Å²) in [6.45, 7) is 4.91. The van der Waals surface area contributed by atoms with Crippen LogP contribution in [0, 0.1) is 0 Å². The number of hydrogen-bond donors (Lipinski definition) is 1. The van der Waals surface area contributed by atoms with Gasteiger partial charge in [-0.05, 0) is 19.0 Å². The third-order valence-corrected chi connectivity index (χ3v) is 3.93. The van der Waals surface area contributed by atoms with Crippen LogP contribution in [-0.4, -0.2) is 63.9 Å². The molecule has 6 nitrogen and oxygen atoms in total. The molecule has 3 heterocycles. The highest BCUT2D eigenvalue weighted by atomic mass is 16.3. The predicted molar refractivity (Wildman–Crippen MR) is 78.9 cm³/mol. The zero-order valence-electron chi connectivity index (χ0n) is 11.9. The molecule has 3 rings (SSSR count). The van der Waals surface area contributed by atoms with Crippen LogP contribution in [0.4, 0.5) is 5.82 Å². The molecule has 20 heavy (non-hydrogen) atoms. The Morgan fingerprint density at radius 3 is 2.95 bits per heavy atom. The van der Waals surface area contributed by atoms with Gasteiger partial charge in [-0.2, -0.15) is 0 Å². The second kappa shape index (κ2) is 5.76. The number of hydrogen-bond acceptors (Lipinski definition) is 5. The van der Waals surface area contributed by atoms with E-state index in [9.17, 15) is 0 Å². The van der Waals surface area contributed by atoms with Crippen molar-refractivity contribution < 1.29 is 5.11 Å². The number of pyridine rings is 1. The lowest BCUT2D eigenvalue weighted by Gasteiger charge is -2.22. The Bertz CT molecular complexity index is 582. The summed E-state index contributed by atoms with van der Waals surface area (Å²) in [5, 5.41) is 9.06. The Kier molecular flexibility index (Phi) is 3.84. The van der Waals surface area contributed by atoms with Crippen molar-refractivity contribution in [1.29, 1.82) is 0 Å². The minimum atomic E-state index is 0.230. The van der Waals surface area contributed by atoms with Crippen LogP contribution < -0.4 is 4.90 Å². The maximum Gasteiger partial charge on any atom is 0.156 e. The summed E-state index contributed by atoms with van der Waals surface area (Å²) in [5.41, 5.74) is 2.09. The van der Waals surface area contributed by atoms with Gasteiger partial charge in [-0.3, -0.25) is 4.90 Å². The van der Waals surface area contributed by atoms with Crippen LogP contribution in [0.1, 0.15) is 6.42 Å². The number of β-amino-alcohol motifs (C(OH)–C–C–N with tert-alkyl or cyclic N) is 1. The molecule has 0 saturated carbocycles. The number of aromatic nitrogens is 3. The van der Waals surface area contributed by atoms with Gasteiger partial charge in [0.2, 0.25) is 0 Å². The minimum absolute atomic E-state index is 0.230. The second-order valence-corrected chi connectivity index (χ2v) is 5.26. The first kappa shape index (κ1) is 13.3. The number of rotatable bonds is 3. The molecule has 108 valence electrons. The lowest BCUT2D eigenvalue weighted by atomic mass is 10.3. The number of fused-ring (bicyclic) bond motifs is 1. The van der Waals surface area contributed by atoms with Gasteiger partial charge in [-0.25, -0.2) is 9.97 Å². The highest BCUT2D eigenvalue weighted by Crippen LogP contribution is 2.23. The predicted octanol–water partition coefficient (Wildman–Crippen LogP) is 0.473. The number of anilines is 1. The van der Waals surface area contributed by atoms with Crippen LogP contribution in [0.3, 0.4) is 0 Å². The molecule has 0 unspecified atom stereocenters. The summed E-state index contributed by atoms with van der Waals surface area (Å²) in [7, 11) is 2.00. The molecule has 1 saturated heterocycles. The Morgan fingerprint density at radius 1 is 1.20 bits per heavy atom. The lowest BCUT2D eigenvalue weighted by Crippen LogP contribution is -2.32. The van der Waals surface area contributed by atoms with E-state index in [1.54, 1.807) is 0 Å². The molecule has 0 spiro atoms. The van der Waals surface area contributed by atoms with Crippen molar-refractivity contribution >= 4 is 16.9 Å². The van der Waals surface area contributed by atoms with Gasteiger partial charge in [0.15, 0.2) is 5.82 Å². The summed E-state index contributed by atoms with van der Waals surface area (Å²) >= 11 is 0. The van der Waals surface area contributed by atoms with E-state index in [1.165, 1.54) is 0 Å². The van der Waals surface area contributed by atoms with Crippen molar-refractivity contribution in [3.63, 3.8) is 0 Å². The molecule has 2 aromatic heterocycles. The van der Waals surface area contributed by atoms with E-state index in [4.69, 9.17) is 5.11 Å². The molecule has 1 aliphatic rings. The first-order valence-corrected chi connectivity index (χ1v) is 7.14. The van der Waals surface area contributed by atoms with E-state index < -0.39 is 0 Å². The van der Waals surface area contributed by atoms with Gasteiger partial charge in [0, 0.05) is 39.4 Å². The van der Waals surface area contributed by atoms with Crippen LogP contribution in [-0.2, 0) is 7.05 Å². The molecule has 6 heteroatoms. The molecular formula is C14H21N5O. The molecule has 0 aromatic carbocycles. The third-order valence-electron chi connectivity index (χ3n) is 3.93. The minimum Gasteiger partial charge on any atom is -0.395 e. The van der Waals surface area contributed by atoms with Gasteiger partial charge in [-0.1, -0.05) is 0 Å². The van der Waals surface area contributed by atoms with Gasteiger partial charge in [0.1, 0.15) is 5.52 Å². The fourth-order valence-electron chi connectivity index (χ4n) is 2.83. The summed E-state index contributed by atoms with van der Waals surface area (Å²) in [4.78, 5) is 13.6. The van der Waals surface area contributed by atoms with Gasteiger partial charge in [0.05, 0.1) is 18.5 Å². The van der Waals surface area contributed by atoms with Crippen molar-refractivity contribution in [2.45, 2.75) is 6.42 Å². The monoisotopic (exact) mass is 275 g/mol. The van der Waals surface area contributed by atoms with E-state index in [2.05, 4.69) is 19.8 Å². The van der Waals surface area contributed by atoms with Crippen molar-refractivity contribution in [1.82, 2.24) is 19.4 Å². The molecule has 0 bridgehead atoms. The van der Waals surface area contributed by atoms with E-state index >= 15 is 0 Å². The maximum atomic E-state index is 9.06. The topological polar surface area (TPSA) is 57.4 Å². The lowest BCUT2D eigenvalue weighted by molar-refractivity contribution is 0.204. The molecule has 1 N–H and O–H groups in total. The number of imidazole rings is 1. The third kappa shape index (κ3) is 2.48. The number of aliphatic hydroxyl groups excluding tert-OH is 1. The fraction of sp³-hybridized carbons (Fsp3) is 0.571. The van der Waals surface area contributed by atoms with Crippen molar-refractivity contribution in [2.75, 3.05) is 44.2 Å². The number of aliphatic hydroxyl groups is 1. The molecule has 0 radical (unpaired) electrons. The molecular weight excluding hydrogens is 254 g/mol. The van der Waals surface area contributed by atoms with Crippen LogP contribution in [0.15, 0.2) is 18.6 Å².